The van der Waals surface area contributed by atoms with E-state index < -0.39 is 0 Å². The Morgan fingerprint density at radius 1 is 1.29 bits per heavy atom. The van der Waals surface area contributed by atoms with Gasteiger partial charge in [0.1, 0.15) is 5.58 Å². The number of rotatable bonds is 0. The van der Waals surface area contributed by atoms with Gasteiger partial charge in [-0.1, -0.05) is 5.39 Å². The van der Waals surface area contributed by atoms with Crippen LogP contribution in [0.15, 0.2) is 41.5 Å². The molecule has 3 heterocycles. The summed E-state index contributed by atoms with van der Waals surface area (Å²) in [6.45, 7) is 0. The minimum Gasteiger partial charge on any atom is -0.452 e. The number of hydrogen-bond acceptors (Lipinski definition) is 3. The van der Waals surface area contributed by atoms with Crippen LogP contribution in [0.2, 0.25) is 0 Å². The van der Waals surface area contributed by atoms with Gasteiger partial charge in [0.2, 0.25) is 0 Å². The molecule has 4 rings (SSSR count). The minimum absolute atomic E-state index is 0. The molecule has 0 amide bonds. The maximum atomic E-state index is 5.41. The van der Waals surface area contributed by atoms with Crippen LogP contribution in [0.5, 0.6) is 0 Å². The quantitative estimate of drug-likeness (QED) is 0.426. The van der Waals surface area contributed by atoms with Crippen molar-refractivity contribution in [3.63, 3.8) is 0 Å². The molecule has 85 valence electrons. The van der Waals surface area contributed by atoms with E-state index in [0.29, 0.717) is 0 Å². The Hall–Kier alpha value is -1.71. The SMILES string of the molecule is [Ir].[c-]1cccc2c1c1ncoc1c1cncn21. The van der Waals surface area contributed by atoms with Crippen LogP contribution in [0.25, 0.3) is 27.5 Å². The van der Waals surface area contributed by atoms with Crippen molar-refractivity contribution in [2.24, 2.45) is 0 Å². The monoisotopic (exact) mass is 401 g/mol. The van der Waals surface area contributed by atoms with Crippen LogP contribution in [-0.4, -0.2) is 14.4 Å². The van der Waals surface area contributed by atoms with Crippen molar-refractivity contribution in [1.29, 1.82) is 0 Å². The van der Waals surface area contributed by atoms with E-state index in [1.807, 2.05) is 22.6 Å². The molecule has 0 saturated carbocycles. The fraction of sp³-hybridized carbons (Fsp3) is 0. The Morgan fingerprint density at radius 3 is 3.18 bits per heavy atom. The zero-order valence-electron chi connectivity index (χ0n) is 8.55. The summed E-state index contributed by atoms with van der Waals surface area (Å²) in [4.78, 5) is 8.38. The zero-order valence-corrected chi connectivity index (χ0v) is 10.9. The fourth-order valence-corrected chi connectivity index (χ4v) is 2.08. The van der Waals surface area contributed by atoms with Crippen LogP contribution in [-0.2, 0) is 20.1 Å². The molecule has 1 aromatic carbocycles. The first kappa shape index (κ1) is 10.4. The molecule has 0 N–H and O–H groups in total. The van der Waals surface area contributed by atoms with E-state index >= 15 is 0 Å². The largest absolute Gasteiger partial charge is 0.452 e. The van der Waals surface area contributed by atoms with Crippen LogP contribution in [0.3, 0.4) is 0 Å². The van der Waals surface area contributed by atoms with E-state index in [1.54, 1.807) is 12.5 Å². The van der Waals surface area contributed by atoms with Gasteiger partial charge in [-0.05, 0) is 5.52 Å². The molecular weight excluding hydrogens is 394 g/mol. The molecule has 5 heteroatoms. The molecular formula is C12H6IrN3O-. The van der Waals surface area contributed by atoms with Gasteiger partial charge in [-0.25, -0.2) is 4.98 Å². The second kappa shape index (κ2) is 3.65. The average molecular weight is 400 g/mol. The maximum absolute atomic E-state index is 5.41. The van der Waals surface area contributed by atoms with E-state index in [1.165, 1.54) is 6.39 Å². The molecule has 0 aliphatic rings. The standard InChI is InChI=1S/C12H6N3O.Ir/c1-2-4-9-8(3-1)11-12(16-7-14-11)10-5-13-6-15(9)10;/h1-2,4-7H;/q-1;. The first-order valence-corrected chi connectivity index (χ1v) is 4.93. The first-order chi connectivity index (χ1) is 7.95. The number of aromatic nitrogens is 3. The van der Waals surface area contributed by atoms with E-state index in [0.717, 1.165) is 27.5 Å². The first-order valence-electron chi connectivity index (χ1n) is 4.93. The summed E-state index contributed by atoms with van der Waals surface area (Å²) in [6, 6.07) is 9.04. The number of benzene rings is 1. The second-order valence-corrected chi connectivity index (χ2v) is 3.61. The molecule has 17 heavy (non-hydrogen) atoms. The summed E-state index contributed by atoms with van der Waals surface area (Å²) in [7, 11) is 0. The molecule has 4 nitrogen and oxygen atoms in total. The fourth-order valence-electron chi connectivity index (χ4n) is 2.08. The number of pyridine rings is 1. The van der Waals surface area contributed by atoms with Crippen LogP contribution in [0, 0.1) is 6.07 Å². The maximum Gasteiger partial charge on any atom is 0.171 e. The number of fused-ring (bicyclic) bond motifs is 6. The summed E-state index contributed by atoms with van der Waals surface area (Å²) in [5, 5.41) is 0.955. The third kappa shape index (κ3) is 1.27. The van der Waals surface area contributed by atoms with Crippen LogP contribution >= 0.6 is 0 Å². The number of imidazole rings is 1. The van der Waals surface area contributed by atoms with Gasteiger partial charge in [-0.2, -0.15) is 0 Å². The van der Waals surface area contributed by atoms with Crippen molar-refractivity contribution in [1.82, 2.24) is 14.4 Å². The van der Waals surface area contributed by atoms with Crippen LogP contribution < -0.4 is 0 Å². The molecule has 0 aliphatic carbocycles. The Morgan fingerprint density at radius 2 is 2.24 bits per heavy atom. The van der Waals surface area contributed by atoms with Crippen molar-refractivity contribution in [3.05, 3.63) is 43.2 Å². The smallest absolute Gasteiger partial charge is 0.171 e. The van der Waals surface area contributed by atoms with Crippen molar-refractivity contribution in [2.75, 3.05) is 0 Å². The molecule has 0 fully saturated rings. The Balaban J connectivity index is 0.000000902. The third-order valence-corrected chi connectivity index (χ3v) is 2.77. The van der Waals surface area contributed by atoms with Gasteiger partial charge in [-0.3, -0.25) is 4.98 Å². The van der Waals surface area contributed by atoms with Gasteiger partial charge in [-0.15, -0.1) is 24.3 Å². The number of hydrogen-bond donors (Lipinski definition) is 0. The third-order valence-electron chi connectivity index (χ3n) is 2.77. The van der Waals surface area contributed by atoms with E-state index in [2.05, 4.69) is 16.0 Å². The zero-order chi connectivity index (χ0) is 10.5. The molecule has 1 radical (unpaired) electrons. The predicted molar refractivity (Wildman–Crippen MR) is 59.1 cm³/mol. The molecule has 0 unspecified atom stereocenters. The summed E-state index contributed by atoms with van der Waals surface area (Å²) in [5.41, 5.74) is 3.56. The van der Waals surface area contributed by atoms with Gasteiger partial charge in [0.05, 0.1) is 18.0 Å². The minimum atomic E-state index is 0. The predicted octanol–water partition coefficient (Wildman–Crippen LogP) is 2.43. The Kier molecular flexibility index (Phi) is 2.24. The van der Waals surface area contributed by atoms with Gasteiger partial charge in [0.15, 0.2) is 6.39 Å². The van der Waals surface area contributed by atoms with E-state index in [4.69, 9.17) is 4.42 Å². The molecule has 0 aliphatic heterocycles. The topological polar surface area (TPSA) is 43.3 Å². The van der Waals surface area contributed by atoms with E-state index in [9.17, 15) is 0 Å². The van der Waals surface area contributed by atoms with Crippen molar-refractivity contribution in [2.45, 2.75) is 0 Å². The summed E-state index contributed by atoms with van der Waals surface area (Å²) in [6.07, 6.45) is 5.01. The summed E-state index contributed by atoms with van der Waals surface area (Å²) >= 11 is 0. The van der Waals surface area contributed by atoms with Crippen LogP contribution in [0.4, 0.5) is 0 Å². The Labute approximate surface area is 110 Å². The molecule has 0 atom stereocenters. The summed E-state index contributed by atoms with van der Waals surface area (Å²) in [5.74, 6) is 0. The molecule has 0 spiro atoms. The average Bonchev–Trinajstić information content (AvgIpc) is 2.98. The van der Waals surface area contributed by atoms with Gasteiger partial charge in [0.25, 0.3) is 0 Å². The second-order valence-electron chi connectivity index (χ2n) is 3.61. The molecule has 4 aromatic rings. The van der Waals surface area contributed by atoms with Crippen molar-refractivity contribution < 1.29 is 24.5 Å². The number of nitrogens with zero attached hydrogens (tertiary/aromatic N) is 3. The number of oxazole rings is 1. The normalized spacial score (nSPS) is 11.1. The van der Waals surface area contributed by atoms with Gasteiger partial charge >= 0.3 is 0 Å². The summed E-state index contributed by atoms with van der Waals surface area (Å²) < 4.78 is 7.39. The van der Waals surface area contributed by atoms with Gasteiger partial charge in [0, 0.05) is 25.6 Å². The molecule has 3 aromatic heterocycles. The van der Waals surface area contributed by atoms with Crippen molar-refractivity contribution >= 4 is 27.5 Å². The van der Waals surface area contributed by atoms with Gasteiger partial charge < -0.3 is 8.82 Å². The molecule has 0 bridgehead atoms. The Bertz CT molecular complexity index is 749. The van der Waals surface area contributed by atoms with E-state index in [-0.39, 0.29) is 20.1 Å². The molecule has 0 saturated heterocycles. The van der Waals surface area contributed by atoms with Crippen molar-refractivity contribution in [3.8, 4) is 0 Å². The van der Waals surface area contributed by atoms with Crippen LogP contribution in [0.1, 0.15) is 0 Å².